The van der Waals surface area contributed by atoms with Gasteiger partial charge in [0.25, 0.3) is 11.6 Å². The number of aromatic nitrogens is 2. The maximum absolute atomic E-state index is 12.6. The molecular weight excluding hydrogens is 394 g/mol. The Kier molecular flexibility index (Phi) is 5.97. The van der Waals surface area contributed by atoms with Crippen molar-refractivity contribution in [2.45, 2.75) is 26.3 Å². The van der Waals surface area contributed by atoms with Gasteiger partial charge >= 0.3 is 0 Å². The molecule has 0 atom stereocenters. The van der Waals surface area contributed by atoms with Crippen LogP contribution in [0.1, 0.15) is 35.7 Å². The van der Waals surface area contributed by atoms with E-state index in [1.165, 1.54) is 6.07 Å². The van der Waals surface area contributed by atoms with Crippen LogP contribution in [0.3, 0.4) is 0 Å². The number of nitrogens with zero attached hydrogens (tertiary/aromatic N) is 4. The number of benzene rings is 2. The van der Waals surface area contributed by atoms with E-state index < -0.39 is 4.92 Å². The Morgan fingerprint density at radius 1 is 1.19 bits per heavy atom. The average molecular weight is 419 g/mol. The smallest absolute Gasteiger partial charge is 0.293 e. The van der Waals surface area contributed by atoms with Gasteiger partial charge in [-0.3, -0.25) is 14.9 Å². The summed E-state index contributed by atoms with van der Waals surface area (Å²) in [6.07, 6.45) is 5.60. The second kappa shape index (κ2) is 8.99. The summed E-state index contributed by atoms with van der Waals surface area (Å²) in [5.74, 6) is 0.298. The number of anilines is 1. The fraction of sp³-hybridized carbons (Fsp3) is 0.304. The second-order valence-electron chi connectivity index (χ2n) is 7.93. The summed E-state index contributed by atoms with van der Waals surface area (Å²) in [5, 5.41) is 18.7. The summed E-state index contributed by atoms with van der Waals surface area (Å²) in [4.78, 5) is 25.9. The molecule has 0 unspecified atom stereocenters. The van der Waals surface area contributed by atoms with Crippen molar-refractivity contribution in [2.75, 3.05) is 18.0 Å². The summed E-state index contributed by atoms with van der Waals surface area (Å²) < 4.78 is 1.76. The Hall–Kier alpha value is -3.68. The molecule has 0 aliphatic carbocycles. The molecule has 8 nitrogen and oxygen atoms in total. The third-order valence-corrected chi connectivity index (χ3v) is 5.72. The first-order valence-electron chi connectivity index (χ1n) is 10.4. The lowest BCUT2D eigenvalue weighted by Gasteiger charge is -2.31. The Labute approximate surface area is 180 Å². The fourth-order valence-corrected chi connectivity index (χ4v) is 3.80. The van der Waals surface area contributed by atoms with Crippen LogP contribution in [0.25, 0.3) is 5.69 Å². The van der Waals surface area contributed by atoms with Crippen LogP contribution in [-0.4, -0.2) is 33.7 Å². The van der Waals surface area contributed by atoms with Crippen molar-refractivity contribution in [3.8, 4) is 5.69 Å². The molecule has 0 radical (unpaired) electrons. The van der Waals surface area contributed by atoms with E-state index in [2.05, 4.69) is 17.3 Å². The quantitative estimate of drug-likeness (QED) is 0.482. The molecule has 1 aromatic heterocycles. The molecule has 4 rings (SSSR count). The zero-order valence-corrected chi connectivity index (χ0v) is 17.4. The molecule has 2 aromatic carbocycles. The molecule has 8 heteroatoms. The normalized spacial score (nSPS) is 14.4. The monoisotopic (exact) mass is 419 g/mol. The van der Waals surface area contributed by atoms with Gasteiger partial charge in [0.2, 0.25) is 0 Å². The second-order valence-corrected chi connectivity index (χ2v) is 7.93. The number of carbonyl (C=O) groups is 1. The maximum Gasteiger partial charge on any atom is 0.293 e. The number of amides is 1. The summed E-state index contributed by atoms with van der Waals surface area (Å²) in [5.41, 5.74) is 2.71. The minimum Gasteiger partial charge on any atom is -0.366 e. The SMILES string of the molecule is CC1CCN(c2ccc(C(=O)NCc3ccc(-n4cccn4)cc3)cc2[N+](=O)[O-])CC1. The Morgan fingerprint density at radius 3 is 2.58 bits per heavy atom. The first-order chi connectivity index (χ1) is 15.0. The van der Waals surface area contributed by atoms with E-state index in [-0.39, 0.29) is 17.2 Å². The first kappa shape index (κ1) is 20.6. The molecular formula is C23H25N5O3. The zero-order chi connectivity index (χ0) is 21.8. The van der Waals surface area contributed by atoms with Gasteiger partial charge < -0.3 is 10.2 Å². The molecule has 0 saturated carbocycles. The van der Waals surface area contributed by atoms with Crippen LogP contribution in [0.4, 0.5) is 11.4 Å². The molecule has 31 heavy (non-hydrogen) atoms. The van der Waals surface area contributed by atoms with Gasteiger partial charge in [-0.1, -0.05) is 19.1 Å². The molecule has 160 valence electrons. The largest absolute Gasteiger partial charge is 0.366 e. The molecule has 3 aromatic rings. The number of nitro groups is 1. The van der Waals surface area contributed by atoms with Crippen molar-refractivity contribution in [2.24, 2.45) is 5.92 Å². The van der Waals surface area contributed by atoms with Gasteiger partial charge in [-0.25, -0.2) is 4.68 Å². The van der Waals surface area contributed by atoms with Crippen LogP contribution >= 0.6 is 0 Å². The zero-order valence-electron chi connectivity index (χ0n) is 17.4. The molecule has 0 spiro atoms. The van der Waals surface area contributed by atoms with Gasteiger partial charge in [-0.15, -0.1) is 0 Å². The van der Waals surface area contributed by atoms with E-state index in [1.54, 1.807) is 23.0 Å². The number of rotatable bonds is 6. The van der Waals surface area contributed by atoms with E-state index in [9.17, 15) is 14.9 Å². The van der Waals surface area contributed by atoms with Crippen molar-refractivity contribution >= 4 is 17.3 Å². The number of hydrogen-bond donors (Lipinski definition) is 1. The number of nitrogens with one attached hydrogen (secondary N) is 1. The van der Waals surface area contributed by atoms with Crippen molar-refractivity contribution in [1.82, 2.24) is 15.1 Å². The van der Waals surface area contributed by atoms with Crippen molar-refractivity contribution in [3.63, 3.8) is 0 Å². The van der Waals surface area contributed by atoms with E-state index in [4.69, 9.17) is 0 Å². The third-order valence-electron chi connectivity index (χ3n) is 5.72. The summed E-state index contributed by atoms with van der Waals surface area (Å²) in [6.45, 7) is 4.12. The molecule has 1 fully saturated rings. The molecule has 0 bridgehead atoms. The van der Waals surface area contributed by atoms with E-state index >= 15 is 0 Å². The van der Waals surface area contributed by atoms with Crippen LogP contribution in [0.2, 0.25) is 0 Å². The highest BCUT2D eigenvalue weighted by Crippen LogP contribution is 2.32. The van der Waals surface area contributed by atoms with Gasteiger partial charge in [0.15, 0.2) is 0 Å². The molecule has 1 aliphatic heterocycles. The Morgan fingerprint density at radius 2 is 1.94 bits per heavy atom. The van der Waals surface area contributed by atoms with Crippen LogP contribution < -0.4 is 10.2 Å². The van der Waals surface area contributed by atoms with Gasteiger partial charge in [0.05, 0.1) is 10.6 Å². The predicted octanol–water partition coefficient (Wildman–Crippen LogP) is 3.95. The minimum absolute atomic E-state index is 0.0224. The van der Waals surface area contributed by atoms with E-state index in [1.807, 2.05) is 41.4 Å². The lowest BCUT2D eigenvalue weighted by molar-refractivity contribution is -0.384. The van der Waals surface area contributed by atoms with Crippen LogP contribution in [0.5, 0.6) is 0 Å². The number of nitro benzene ring substituents is 1. The topological polar surface area (TPSA) is 93.3 Å². The number of hydrogen-bond acceptors (Lipinski definition) is 5. The highest BCUT2D eigenvalue weighted by molar-refractivity contribution is 5.95. The van der Waals surface area contributed by atoms with Gasteiger partial charge in [-0.2, -0.15) is 5.10 Å². The number of piperidine rings is 1. The van der Waals surface area contributed by atoms with Gasteiger partial charge in [0, 0.05) is 43.7 Å². The van der Waals surface area contributed by atoms with Crippen molar-refractivity contribution in [3.05, 3.63) is 82.2 Å². The standard InChI is InChI=1S/C23H25N5O3/c1-17-9-13-26(14-10-17)21-8-5-19(15-22(21)28(30)31)23(29)24-16-18-3-6-20(7-4-18)27-12-2-11-25-27/h2-8,11-12,15,17H,9-10,13-14,16H2,1H3,(H,24,29). The van der Waals surface area contributed by atoms with Crippen LogP contribution in [0.15, 0.2) is 60.9 Å². The van der Waals surface area contributed by atoms with Gasteiger partial charge in [-0.05, 0) is 54.7 Å². The van der Waals surface area contributed by atoms with Crippen LogP contribution in [-0.2, 0) is 6.54 Å². The molecule has 1 saturated heterocycles. The molecule has 2 heterocycles. The fourth-order valence-electron chi connectivity index (χ4n) is 3.80. The highest BCUT2D eigenvalue weighted by Gasteiger charge is 2.24. The molecule has 1 amide bonds. The van der Waals surface area contributed by atoms with E-state index in [0.29, 0.717) is 18.2 Å². The van der Waals surface area contributed by atoms with Crippen molar-refractivity contribution in [1.29, 1.82) is 0 Å². The third kappa shape index (κ3) is 4.74. The Bertz CT molecular complexity index is 1060. The summed E-state index contributed by atoms with van der Waals surface area (Å²) >= 11 is 0. The first-order valence-corrected chi connectivity index (χ1v) is 10.4. The highest BCUT2D eigenvalue weighted by atomic mass is 16.6. The minimum atomic E-state index is -0.405. The lowest BCUT2D eigenvalue weighted by atomic mass is 9.98. The average Bonchev–Trinajstić information content (AvgIpc) is 3.33. The van der Waals surface area contributed by atoms with Crippen molar-refractivity contribution < 1.29 is 9.72 Å². The summed E-state index contributed by atoms with van der Waals surface area (Å²) in [6, 6.07) is 14.3. The van der Waals surface area contributed by atoms with Gasteiger partial charge in [0.1, 0.15) is 5.69 Å². The molecule has 1 aliphatic rings. The lowest BCUT2D eigenvalue weighted by Crippen LogP contribution is -2.33. The Balaban J connectivity index is 1.43. The number of carbonyl (C=O) groups excluding carboxylic acids is 1. The van der Waals surface area contributed by atoms with E-state index in [0.717, 1.165) is 37.2 Å². The molecule has 1 N–H and O–H groups in total. The predicted molar refractivity (Wildman–Crippen MR) is 118 cm³/mol. The van der Waals surface area contributed by atoms with Crippen LogP contribution in [0, 0.1) is 16.0 Å². The summed E-state index contributed by atoms with van der Waals surface area (Å²) in [7, 11) is 0. The maximum atomic E-state index is 12.6.